The Kier molecular flexibility index (Phi) is 5.43. The molecule has 0 aliphatic heterocycles. The van der Waals surface area contributed by atoms with Crippen LogP contribution in [0.2, 0.25) is 0 Å². The van der Waals surface area contributed by atoms with Crippen LogP contribution in [0.1, 0.15) is 11.1 Å². The van der Waals surface area contributed by atoms with Crippen LogP contribution in [-0.2, 0) is 9.84 Å². The van der Waals surface area contributed by atoms with E-state index in [1.54, 1.807) is 30.3 Å². The van der Waals surface area contributed by atoms with Crippen molar-refractivity contribution in [2.75, 3.05) is 11.7 Å². The van der Waals surface area contributed by atoms with Gasteiger partial charge in [0.15, 0.2) is 9.84 Å². The molecule has 1 heterocycles. The van der Waals surface area contributed by atoms with Gasteiger partial charge in [-0.2, -0.15) is 10.4 Å². The minimum absolute atomic E-state index is 0.0213. The first-order chi connectivity index (χ1) is 13.8. The summed E-state index contributed by atoms with van der Waals surface area (Å²) in [7, 11) is -3.45. The van der Waals surface area contributed by atoms with Gasteiger partial charge >= 0.3 is 0 Å². The summed E-state index contributed by atoms with van der Waals surface area (Å²) in [6, 6.07) is 14.3. The molecular weight excluding hydrogens is 394 g/mol. The predicted molar refractivity (Wildman–Crippen MR) is 107 cm³/mol. The van der Waals surface area contributed by atoms with Crippen LogP contribution in [0.15, 0.2) is 63.3 Å². The van der Waals surface area contributed by atoms with Crippen LogP contribution < -0.4 is 11.0 Å². The number of phenolic OH excluding ortho intramolecular Hbond substituents is 1. The van der Waals surface area contributed by atoms with Crippen LogP contribution in [0.5, 0.6) is 5.75 Å². The Hall–Kier alpha value is -3.97. The van der Waals surface area contributed by atoms with Gasteiger partial charge in [-0.3, -0.25) is 9.78 Å². The number of benzene rings is 2. The van der Waals surface area contributed by atoms with Crippen LogP contribution in [0.4, 0.5) is 5.95 Å². The van der Waals surface area contributed by atoms with E-state index in [2.05, 4.69) is 20.5 Å². The fourth-order valence-corrected chi connectivity index (χ4v) is 3.12. The molecule has 3 N–H and O–H groups in total. The fourth-order valence-electron chi connectivity index (χ4n) is 2.46. The third kappa shape index (κ3) is 4.48. The van der Waals surface area contributed by atoms with E-state index in [-0.39, 0.29) is 33.4 Å². The molecule has 10 heteroatoms. The molecule has 146 valence electrons. The van der Waals surface area contributed by atoms with E-state index in [1.165, 1.54) is 24.4 Å². The summed E-state index contributed by atoms with van der Waals surface area (Å²) in [6.45, 7) is 0. The van der Waals surface area contributed by atoms with E-state index in [1.807, 2.05) is 6.07 Å². The molecule has 0 unspecified atom stereocenters. The second-order valence-electron chi connectivity index (χ2n) is 5.98. The summed E-state index contributed by atoms with van der Waals surface area (Å²) in [5, 5.41) is 23.0. The van der Waals surface area contributed by atoms with Crippen molar-refractivity contribution in [3.63, 3.8) is 0 Å². The number of aromatic amines is 1. The number of hydrazone groups is 1. The van der Waals surface area contributed by atoms with Crippen LogP contribution in [0.3, 0.4) is 0 Å². The lowest BCUT2D eigenvalue weighted by molar-refractivity contribution is 0.474. The second kappa shape index (κ2) is 7.95. The Balaban J connectivity index is 1.94. The summed E-state index contributed by atoms with van der Waals surface area (Å²) in [6.07, 6.45) is 2.24. The summed E-state index contributed by atoms with van der Waals surface area (Å²) < 4.78 is 23.3. The molecule has 0 atom stereocenters. The normalized spacial score (nSPS) is 11.3. The maximum atomic E-state index is 12.2. The van der Waals surface area contributed by atoms with Crippen molar-refractivity contribution in [1.29, 1.82) is 5.26 Å². The molecule has 0 aliphatic rings. The summed E-state index contributed by atoms with van der Waals surface area (Å²) in [4.78, 5) is 18.8. The van der Waals surface area contributed by atoms with Gasteiger partial charge in [0.1, 0.15) is 17.4 Å². The van der Waals surface area contributed by atoms with E-state index >= 15 is 0 Å². The van der Waals surface area contributed by atoms with Crippen molar-refractivity contribution < 1.29 is 13.5 Å². The molecule has 0 radical (unpaired) electrons. The summed E-state index contributed by atoms with van der Waals surface area (Å²) >= 11 is 0. The van der Waals surface area contributed by atoms with Gasteiger partial charge in [0, 0.05) is 17.4 Å². The molecule has 3 rings (SSSR count). The summed E-state index contributed by atoms with van der Waals surface area (Å²) in [5.74, 6) is -0.197. The third-order valence-corrected chi connectivity index (χ3v) is 4.99. The number of nitrogens with one attached hydrogen (secondary N) is 2. The Morgan fingerprint density at radius 3 is 2.62 bits per heavy atom. The number of hydrogen-bond acceptors (Lipinski definition) is 8. The highest BCUT2D eigenvalue weighted by Gasteiger charge is 2.13. The van der Waals surface area contributed by atoms with Gasteiger partial charge in [-0.15, -0.1) is 0 Å². The minimum Gasteiger partial charge on any atom is -0.507 e. The molecular formula is C19H15N5O4S. The molecule has 0 saturated carbocycles. The van der Waals surface area contributed by atoms with Gasteiger partial charge < -0.3 is 5.11 Å². The highest BCUT2D eigenvalue weighted by Crippen LogP contribution is 2.21. The van der Waals surface area contributed by atoms with E-state index < -0.39 is 15.4 Å². The quantitative estimate of drug-likeness (QED) is 0.430. The smallest absolute Gasteiger partial charge is 0.270 e. The Morgan fingerprint density at radius 1 is 1.24 bits per heavy atom. The van der Waals surface area contributed by atoms with Crippen molar-refractivity contribution >= 4 is 22.0 Å². The van der Waals surface area contributed by atoms with Gasteiger partial charge in [-0.25, -0.2) is 18.8 Å². The number of aromatic nitrogens is 2. The maximum absolute atomic E-state index is 12.2. The van der Waals surface area contributed by atoms with Crippen LogP contribution in [-0.4, -0.2) is 36.0 Å². The number of nitriles is 1. The van der Waals surface area contributed by atoms with E-state index in [4.69, 9.17) is 0 Å². The molecule has 0 fully saturated rings. The number of rotatable bonds is 5. The average Bonchev–Trinajstić information content (AvgIpc) is 2.69. The minimum atomic E-state index is -3.45. The molecule has 1 aromatic heterocycles. The topological polar surface area (TPSA) is 148 Å². The second-order valence-corrected chi connectivity index (χ2v) is 7.99. The van der Waals surface area contributed by atoms with Crippen LogP contribution >= 0.6 is 0 Å². The number of sulfone groups is 1. The number of H-pyrrole nitrogens is 1. The number of anilines is 1. The SMILES string of the molecule is CS(=O)(=O)c1ccc(O)c(C=NNc2nc(-c3ccccc3)c(C#N)c(=O)[nH]2)c1. The molecule has 2 aromatic carbocycles. The van der Waals surface area contributed by atoms with Crippen molar-refractivity contribution in [2.45, 2.75) is 4.90 Å². The van der Waals surface area contributed by atoms with E-state index in [0.717, 1.165) is 6.26 Å². The first-order valence-electron chi connectivity index (χ1n) is 8.21. The highest BCUT2D eigenvalue weighted by molar-refractivity contribution is 7.90. The van der Waals surface area contributed by atoms with Gasteiger partial charge in [0.2, 0.25) is 5.95 Å². The van der Waals surface area contributed by atoms with Crippen molar-refractivity contribution in [2.24, 2.45) is 5.10 Å². The van der Waals surface area contributed by atoms with Crippen LogP contribution in [0, 0.1) is 11.3 Å². The van der Waals surface area contributed by atoms with E-state index in [9.17, 15) is 23.6 Å². The number of hydrogen-bond donors (Lipinski definition) is 3. The lowest BCUT2D eigenvalue weighted by Crippen LogP contribution is -2.16. The molecule has 0 spiro atoms. The fraction of sp³-hybridized carbons (Fsp3) is 0.0526. The number of nitrogens with zero attached hydrogens (tertiary/aromatic N) is 3. The zero-order chi connectivity index (χ0) is 21.0. The summed E-state index contributed by atoms with van der Waals surface area (Å²) in [5.41, 5.74) is 2.67. The third-order valence-electron chi connectivity index (χ3n) is 3.88. The molecule has 3 aromatic rings. The zero-order valence-corrected chi connectivity index (χ0v) is 15.9. The number of phenols is 1. The molecule has 0 amide bonds. The first kappa shape index (κ1) is 19.8. The average molecular weight is 409 g/mol. The Labute approximate surface area is 165 Å². The zero-order valence-electron chi connectivity index (χ0n) is 15.1. The molecule has 0 bridgehead atoms. The van der Waals surface area contributed by atoms with Gasteiger partial charge in [-0.1, -0.05) is 30.3 Å². The maximum Gasteiger partial charge on any atom is 0.270 e. The van der Waals surface area contributed by atoms with Crippen molar-refractivity contribution in [3.05, 3.63) is 70.0 Å². The van der Waals surface area contributed by atoms with Gasteiger partial charge in [0.05, 0.1) is 16.8 Å². The van der Waals surface area contributed by atoms with Crippen molar-refractivity contribution in [3.8, 4) is 23.1 Å². The number of aromatic hydroxyl groups is 1. The largest absolute Gasteiger partial charge is 0.507 e. The molecule has 29 heavy (non-hydrogen) atoms. The Bertz CT molecular complexity index is 1290. The predicted octanol–water partition coefficient (Wildman–Crippen LogP) is 1.86. The molecule has 9 nitrogen and oxygen atoms in total. The van der Waals surface area contributed by atoms with Crippen LogP contribution in [0.25, 0.3) is 11.3 Å². The van der Waals surface area contributed by atoms with E-state index in [0.29, 0.717) is 5.56 Å². The highest BCUT2D eigenvalue weighted by atomic mass is 32.2. The Morgan fingerprint density at radius 2 is 1.97 bits per heavy atom. The lowest BCUT2D eigenvalue weighted by Gasteiger charge is -2.06. The van der Waals surface area contributed by atoms with Crippen molar-refractivity contribution in [1.82, 2.24) is 9.97 Å². The molecule has 0 saturated heterocycles. The van der Waals surface area contributed by atoms with Gasteiger partial charge in [-0.05, 0) is 18.2 Å². The molecule has 0 aliphatic carbocycles. The van der Waals surface area contributed by atoms with Gasteiger partial charge in [0.25, 0.3) is 5.56 Å². The first-order valence-corrected chi connectivity index (χ1v) is 10.1. The monoisotopic (exact) mass is 409 g/mol. The lowest BCUT2D eigenvalue weighted by atomic mass is 10.1. The standard InChI is InChI=1S/C19H15N5O4S/c1-29(27,28)14-7-8-16(25)13(9-14)11-21-24-19-22-17(12-5-3-2-4-6-12)15(10-20)18(26)23-19/h2-9,11,25H,1H3,(H2,22,23,24,26).